The number of rotatable bonds is 4. The summed E-state index contributed by atoms with van der Waals surface area (Å²) < 4.78 is 13.7. The van der Waals surface area contributed by atoms with E-state index in [2.05, 4.69) is 15.6 Å². The fraction of sp³-hybridized carbons (Fsp3) is 0.421. The maximum atomic E-state index is 13.7. The summed E-state index contributed by atoms with van der Waals surface area (Å²) in [5.74, 6) is -0.220. The molecule has 0 spiro atoms. The summed E-state index contributed by atoms with van der Waals surface area (Å²) in [4.78, 5) is 32.8. The van der Waals surface area contributed by atoms with E-state index in [0.717, 1.165) is 10.4 Å². The Kier molecular flexibility index (Phi) is 6.45. The van der Waals surface area contributed by atoms with Crippen LogP contribution in [0, 0.1) is 12.7 Å². The van der Waals surface area contributed by atoms with Crippen LogP contribution in [0.1, 0.15) is 22.9 Å². The molecule has 1 aromatic heterocycles. The van der Waals surface area contributed by atoms with Gasteiger partial charge in [0.15, 0.2) is 5.13 Å². The van der Waals surface area contributed by atoms with Gasteiger partial charge < -0.3 is 15.1 Å². The number of halogens is 1. The summed E-state index contributed by atoms with van der Waals surface area (Å²) in [5.41, 5.74) is 1.49. The minimum atomic E-state index is -0.224. The summed E-state index contributed by atoms with van der Waals surface area (Å²) in [7, 11) is 0. The summed E-state index contributed by atoms with van der Waals surface area (Å²) in [6, 6.07) is 4.86. The van der Waals surface area contributed by atoms with Gasteiger partial charge in [0.1, 0.15) is 5.82 Å². The number of urea groups is 2. The lowest BCUT2D eigenvalue weighted by molar-refractivity contribution is 0.149. The number of benzene rings is 1. The van der Waals surface area contributed by atoms with Crippen molar-refractivity contribution in [2.24, 2.45) is 0 Å². The van der Waals surface area contributed by atoms with Gasteiger partial charge in [0.2, 0.25) is 0 Å². The molecule has 1 fully saturated rings. The quantitative estimate of drug-likeness (QED) is 0.821. The van der Waals surface area contributed by atoms with Crippen molar-refractivity contribution in [2.75, 3.05) is 38.0 Å². The summed E-state index contributed by atoms with van der Waals surface area (Å²) in [5, 5.41) is 6.09. The monoisotopic (exact) mass is 405 g/mol. The molecule has 150 valence electrons. The maximum Gasteiger partial charge on any atom is 0.323 e. The number of hydrogen-bond acceptors (Lipinski definition) is 4. The van der Waals surface area contributed by atoms with Crippen LogP contribution in [0.3, 0.4) is 0 Å². The highest BCUT2D eigenvalue weighted by Gasteiger charge is 2.24. The van der Waals surface area contributed by atoms with Crippen molar-refractivity contribution in [3.8, 4) is 0 Å². The Labute approximate surface area is 167 Å². The number of aryl methyl sites for hydroxylation is 1. The van der Waals surface area contributed by atoms with E-state index >= 15 is 0 Å². The SMILES string of the molecule is CCNC(=O)N1CCN(C(=O)Nc2ncc(Cc3ccc(C)c(F)c3)s2)CC1. The Morgan fingerprint density at radius 2 is 1.86 bits per heavy atom. The van der Waals surface area contributed by atoms with Gasteiger partial charge in [0.05, 0.1) is 0 Å². The van der Waals surface area contributed by atoms with Gasteiger partial charge in [0, 0.05) is 50.2 Å². The van der Waals surface area contributed by atoms with Gasteiger partial charge in [-0.05, 0) is 31.0 Å². The molecule has 2 heterocycles. The number of aromatic nitrogens is 1. The fourth-order valence-electron chi connectivity index (χ4n) is 2.94. The van der Waals surface area contributed by atoms with Crippen LogP contribution in [0.2, 0.25) is 0 Å². The van der Waals surface area contributed by atoms with Gasteiger partial charge in [0.25, 0.3) is 0 Å². The van der Waals surface area contributed by atoms with E-state index in [-0.39, 0.29) is 17.9 Å². The molecule has 2 N–H and O–H groups in total. The topological polar surface area (TPSA) is 77.6 Å². The van der Waals surface area contributed by atoms with Crippen molar-refractivity contribution >= 4 is 28.5 Å². The third-order valence-corrected chi connectivity index (χ3v) is 5.48. The second-order valence-corrected chi connectivity index (χ2v) is 7.75. The third-order valence-electron chi connectivity index (χ3n) is 4.56. The number of hydrogen-bond donors (Lipinski definition) is 2. The minimum Gasteiger partial charge on any atom is -0.338 e. The van der Waals surface area contributed by atoms with E-state index in [9.17, 15) is 14.0 Å². The van der Waals surface area contributed by atoms with Crippen molar-refractivity contribution < 1.29 is 14.0 Å². The zero-order valence-corrected chi connectivity index (χ0v) is 16.8. The molecule has 0 radical (unpaired) electrons. The van der Waals surface area contributed by atoms with E-state index in [1.54, 1.807) is 29.0 Å². The normalized spacial score (nSPS) is 14.1. The predicted octanol–water partition coefficient (Wildman–Crippen LogP) is 3.06. The fourth-order valence-corrected chi connectivity index (χ4v) is 3.78. The molecule has 0 bridgehead atoms. The number of piperazine rings is 1. The van der Waals surface area contributed by atoms with Crippen molar-refractivity contribution in [2.45, 2.75) is 20.3 Å². The number of nitrogens with zero attached hydrogens (tertiary/aromatic N) is 3. The standard InChI is InChI=1S/C19H24FN5O2S/c1-3-21-18(26)24-6-8-25(9-7-24)19(27)23-17-22-12-15(28-17)10-14-5-4-13(2)16(20)11-14/h4-5,11-12H,3,6-10H2,1-2H3,(H,21,26)(H,22,23,27). The lowest BCUT2D eigenvalue weighted by Gasteiger charge is -2.34. The molecule has 1 saturated heterocycles. The van der Waals surface area contributed by atoms with Gasteiger partial charge in [-0.3, -0.25) is 5.32 Å². The number of carbonyl (C=O) groups excluding carboxylic acids is 2. The molecule has 28 heavy (non-hydrogen) atoms. The van der Waals surface area contributed by atoms with E-state index in [1.807, 2.05) is 13.0 Å². The molecule has 1 aliphatic heterocycles. The molecule has 1 aliphatic rings. The first-order valence-corrected chi connectivity index (χ1v) is 10.1. The highest BCUT2D eigenvalue weighted by atomic mass is 32.1. The summed E-state index contributed by atoms with van der Waals surface area (Å²) in [6.07, 6.45) is 2.26. The number of carbonyl (C=O) groups is 2. The number of nitrogens with one attached hydrogen (secondary N) is 2. The van der Waals surface area contributed by atoms with E-state index in [4.69, 9.17) is 0 Å². The van der Waals surface area contributed by atoms with E-state index < -0.39 is 0 Å². The Morgan fingerprint density at radius 1 is 1.18 bits per heavy atom. The van der Waals surface area contributed by atoms with Crippen LogP contribution in [0.15, 0.2) is 24.4 Å². The maximum absolute atomic E-state index is 13.7. The van der Waals surface area contributed by atoms with Crippen LogP contribution >= 0.6 is 11.3 Å². The minimum absolute atomic E-state index is 0.0975. The molecule has 0 aliphatic carbocycles. The second kappa shape index (κ2) is 9.01. The van der Waals surface area contributed by atoms with Crippen LogP contribution in [-0.4, -0.2) is 59.6 Å². The highest BCUT2D eigenvalue weighted by Crippen LogP contribution is 2.22. The van der Waals surface area contributed by atoms with E-state index in [1.165, 1.54) is 17.4 Å². The van der Waals surface area contributed by atoms with Gasteiger partial charge in [-0.15, -0.1) is 11.3 Å². The molecule has 9 heteroatoms. The molecule has 0 atom stereocenters. The first-order valence-electron chi connectivity index (χ1n) is 9.24. The molecule has 3 rings (SSSR count). The molecule has 1 aromatic carbocycles. The van der Waals surface area contributed by atoms with Crippen molar-refractivity contribution in [3.05, 3.63) is 46.2 Å². The third kappa shape index (κ3) is 4.98. The predicted molar refractivity (Wildman–Crippen MR) is 107 cm³/mol. The molecule has 4 amide bonds. The largest absolute Gasteiger partial charge is 0.338 e. The second-order valence-electron chi connectivity index (χ2n) is 6.63. The average Bonchev–Trinajstić information content (AvgIpc) is 3.12. The van der Waals surface area contributed by atoms with Gasteiger partial charge in [-0.2, -0.15) is 0 Å². The highest BCUT2D eigenvalue weighted by molar-refractivity contribution is 7.15. The van der Waals surface area contributed by atoms with Crippen LogP contribution in [0.4, 0.5) is 19.1 Å². The summed E-state index contributed by atoms with van der Waals surface area (Å²) >= 11 is 1.38. The zero-order chi connectivity index (χ0) is 20.1. The van der Waals surface area contributed by atoms with Crippen molar-refractivity contribution in [3.63, 3.8) is 0 Å². The average molecular weight is 405 g/mol. The number of amides is 4. The Bertz CT molecular complexity index is 849. The Morgan fingerprint density at radius 3 is 2.50 bits per heavy atom. The molecule has 2 aromatic rings. The van der Waals surface area contributed by atoms with Gasteiger partial charge in [-0.1, -0.05) is 12.1 Å². The van der Waals surface area contributed by atoms with E-state index in [0.29, 0.717) is 49.8 Å². The molecule has 7 nitrogen and oxygen atoms in total. The van der Waals surface area contributed by atoms with Crippen LogP contribution in [-0.2, 0) is 6.42 Å². The Balaban J connectivity index is 1.51. The lowest BCUT2D eigenvalue weighted by atomic mass is 10.1. The lowest BCUT2D eigenvalue weighted by Crippen LogP contribution is -2.53. The van der Waals surface area contributed by atoms with Crippen molar-refractivity contribution in [1.82, 2.24) is 20.1 Å². The first-order chi connectivity index (χ1) is 13.5. The van der Waals surface area contributed by atoms with Crippen LogP contribution < -0.4 is 10.6 Å². The summed E-state index contributed by atoms with van der Waals surface area (Å²) in [6.45, 7) is 6.15. The molecule has 0 saturated carbocycles. The number of anilines is 1. The molecular weight excluding hydrogens is 381 g/mol. The molecular formula is C19H24FN5O2S. The smallest absolute Gasteiger partial charge is 0.323 e. The molecule has 0 unspecified atom stereocenters. The van der Waals surface area contributed by atoms with Crippen LogP contribution in [0.25, 0.3) is 0 Å². The van der Waals surface area contributed by atoms with Gasteiger partial charge >= 0.3 is 12.1 Å². The number of thiazole rings is 1. The van der Waals surface area contributed by atoms with Crippen molar-refractivity contribution in [1.29, 1.82) is 0 Å². The van der Waals surface area contributed by atoms with Crippen LogP contribution in [0.5, 0.6) is 0 Å². The Hall–Kier alpha value is -2.68. The van der Waals surface area contributed by atoms with Gasteiger partial charge in [-0.25, -0.2) is 19.0 Å². The first kappa shape index (κ1) is 20.1. The zero-order valence-electron chi connectivity index (χ0n) is 16.0.